The molecule has 0 aromatic carbocycles. The number of nitrogens with zero attached hydrogens (tertiary/aromatic N) is 3. The number of hydrogen-bond acceptors (Lipinski definition) is 4. The summed E-state index contributed by atoms with van der Waals surface area (Å²) in [5.74, 6) is 3.80. The van der Waals surface area contributed by atoms with Crippen LogP contribution in [0.3, 0.4) is 0 Å². The number of aromatic nitrogens is 1. The first-order chi connectivity index (χ1) is 14.9. The number of aliphatic imine (C=N–C) groups is 1. The zero-order valence-corrected chi connectivity index (χ0v) is 20.7. The predicted octanol–water partition coefficient (Wildman–Crippen LogP) is 4.62. The van der Waals surface area contributed by atoms with Crippen molar-refractivity contribution >= 4 is 35.8 Å². The van der Waals surface area contributed by atoms with Gasteiger partial charge in [-0.05, 0) is 55.9 Å². The number of rotatable bonds is 7. The molecule has 0 bridgehead atoms. The Morgan fingerprint density at radius 3 is 2.61 bits per heavy atom. The van der Waals surface area contributed by atoms with Gasteiger partial charge in [-0.25, -0.2) is 4.98 Å². The van der Waals surface area contributed by atoms with Gasteiger partial charge in [-0.2, -0.15) is 0 Å². The van der Waals surface area contributed by atoms with Crippen LogP contribution in [0.15, 0.2) is 52.2 Å². The molecule has 2 fully saturated rings. The van der Waals surface area contributed by atoms with Gasteiger partial charge in [0, 0.05) is 44.8 Å². The molecule has 4 rings (SSSR count). The molecule has 2 aromatic rings. The summed E-state index contributed by atoms with van der Waals surface area (Å²) in [5.41, 5.74) is 0. The topological polar surface area (TPSA) is 65.7 Å². The third-order valence-corrected chi connectivity index (χ3v) is 6.29. The Labute approximate surface area is 203 Å². The Balaban J connectivity index is 0.00000272. The Morgan fingerprint density at radius 1 is 1.06 bits per heavy atom. The van der Waals surface area contributed by atoms with Crippen molar-refractivity contribution in [2.45, 2.75) is 57.4 Å². The van der Waals surface area contributed by atoms with Gasteiger partial charge < -0.3 is 20.0 Å². The summed E-state index contributed by atoms with van der Waals surface area (Å²) in [4.78, 5) is 11.8. The molecule has 2 N–H and O–H groups in total. The van der Waals surface area contributed by atoms with E-state index in [1.54, 1.807) is 6.26 Å². The van der Waals surface area contributed by atoms with Crippen molar-refractivity contribution in [3.63, 3.8) is 0 Å². The van der Waals surface area contributed by atoms with E-state index in [-0.39, 0.29) is 24.0 Å². The van der Waals surface area contributed by atoms with Crippen LogP contribution in [0.25, 0.3) is 0 Å². The van der Waals surface area contributed by atoms with Crippen LogP contribution in [-0.2, 0) is 6.42 Å². The predicted molar refractivity (Wildman–Crippen MR) is 137 cm³/mol. The Bertz CT molecular complexity index is 754. The second-order valence-corrected chi connectivity index (χ2v) is 8.54. The van der Waals surface area contributed by atoms with Crippen LogP contribution in [0.1, 0.15) is 50.7 Å². The second kappa shape index (κ2) is 12.9. The smallest absolute Gasteiger partial charge is 0.191 e. The average Bonchev–Trinajstić information content (AvgIpc) is 3.33. The van der Waals surface area contributed by atoms with Gasteiger partial charge in [-0.1, -0.05) is 25.3 Å². The number of piperidine rings is 1. The molecule has 170 valence electrons. The highest BCUT2D eigenvalue weighted by Gasteiger charge is 2.21. The monoisotopic (exact) mass is 537 g/mol. The van der Waals surface area contributed by atoms with Gasteiger partial charge in [0.25, 0.3) is 0 Å². The van der Waals surface area contributed by atoms with E-state index in [0.717, 1.165) is 68.9 Å². The first-order valence-corrected chi connectivity index (χ1v) is 11.6. The largest absolute Gasteiger partial charge is 0.469 e. The molecule has 7 heteroatoms. The molecule has 1 aliphatic carbocycles. The summed E-state index contributed by atoms with van der Waals surface area (Å²) in [5, 5.41) is 7.25. The average molecular weight is 537 g/mol. The number of nitrogens with one attached hydrogen (secondary N) is 2. The van der Waals surface area contributed by atoms with Crippen molar-refractivity contribution < 1.29 is 4.42 Å². The summed E-state index contributed by atoms with van der Waals surface area (Å²) in [6.07, 6.45) is 13.4. The number of hydrogen-bond donors (Lipinski definition) is 2. The van der Waals surface area contributed by atoms with E-state index in [0.29, 0.717) is 6.04 Å². The molecule has 3 heterocycles. The standard InChI is InChI=1S/C24H35N5O.HI/c1-2-7-20(8-3-1)19-27-24(26-15-11-22-9-6-18-30-22)28-21-12-16-29(17-13-21)23-10-4-5-14-25-23;/h4-6,9-10,14,18,20-21H,1-3,7-8,11-13,15-17,19H2,(H2,26,27,28);1H. The van der Waals surface area contributed by atoms with E-state index in [1.807, 2.05) is 24.4 Å². The Morgan fingerprint density at radius 2 is 1.90 bits per heavy atom. The van der Waals surface area contributed by atoms with Crippen LogP contribution in [0.4, 0.5) is 5.82 Å². The fraction of sp³-hybridized carbons (Fsp3) is 0.583. The maximum atomic E-state index is 5.46. The summed E-state index contributed by atoms with van der Waals surface area (Å²) < 4.78 is 5.46. The van der Waals surface area contributed by atoms with Crippen LogP contribution >= 0.6 is 24.0 Å². The molecule has 1 saturated heterocycles. The van der Waals surface area contributed by atoms with Crippen LogP contribution in [0.5, 0.6) is 0 Å². The molecule has 31 heavy (non-hydrogen) atoms. The normalized spacial score (nSPS) is 18.5. The van der Waals surface area contributed by atoms with E-state index >= 15 is 0 Å². The first-order valence-electron chi connectivity index (χ1n) is 11.6. The van der Waals surface area contributed by atoms with Gasteiger partial charge in [0.2, 0.25) is 0 Å². The lowest BCUT2D eigenvalue weighted by Gasteiger charge is -2.34. The molecular weight excluding hydrogens is 501 g/mol. The van der Waals surface area contributed by atoms with E-state index in [9.17, 15) is 0 Å². The van der Waals surface area contributed by atoms with Crippen molar-refractivity contribution in [3.8, 4) is 0 Å². The number of halogens is 1. The van der Waals surface area contributed by atoms with Gasteiger partial charge in [0.05, 0.1) is 6.26 Å². The minimum absolute atomic E-state index is 0. The highest BCUT2D eigenvalue weighted by Crippen LogP contribution is 2.23. The lowest BCUT2D eigenvalue weighted by atomic mass is 9.89. The second-order valence-electron chi connectivity index (χ2n) is 8.54. The van der Waals surface area contributed by atoms with E-state index in [1.165, 1.54) is 32.1 Å². The Kier molecular flexibility index (Phi) is 9.96. The molecule has 0 atom stereocenters. The number of furan rings is 1. The van der Waals surface area contributed by atoms with Crippen molar-refractivity contribution in [1.82, 2.24) is 15.6 Å². The summed E-state index contributed by atoms with van der Waals surface area (Å²) in [7, 11) is 0. The molecule has 6 nitrogen and oxygen atoms in total. The Hall–Kier alpha value is -1.77. The third-order valence-electron chi connectivity index (χ3n) is 6.29. The van der Waals surface area contributed by atoms with Gasteiger partial charge in [0.15, 0.2) is 5.96 Å². The van der Waals surface area contributed by atoms with Gasteiger partial charge in [0.1, 0.15) is 11.6 Å². The fourth-order valence-corrected chi connectivity index (χ4v) is 4.49. The maximum absolute atomic E-state index is 5.46. The molecule has 2 aromatic heterocycles. The quantitative estimate of drug-likeness (QED) is 0.307. The molecule has 0 unspecified atom stereocenters. The van der Waals surface area contributed by atoms with Crippen LogP contribution < -0.4 is 15.5 Å². The SMILES string of the molecule is I.c1ccc(N2CCC(NC(=NCC3CCCCC3)NCCc3ccco3)CC2)nc1. The van der Waals surface area contributed by atoms with Crippen LogP contribution in [0, 0.1) is 5.92 Å². The van der Waals surface area contributed by atoms with Crippen molar-refractivity contribution in [1.29, 1.82) is 0 Å². The molecular formula is C24H36IN5O. The number of guanidine groups is 1. The highest BCUT2D eigenvalue weighted by molar-refractivity contribution is 14.0. The summed E-state index contributed by atoms with van der Waals surface area (Å²) in [6.45, 7) is 3.81. The minimum atomic E-state index is 0. The van der Waals surface area contributed by atoms with Gasteiger partial charge >= 0.3 is 0 Å². The molecule has 0 radical (unpaired) electrons. The fourth-order valence-electron chi connectivity index (χ4n) is 4.49. The number of anilines is 1. The van der Waals surface area contributed by atoms with E-state index in [4.69, 9.17) is 9.41 Å². The maximum Gasteiger partial charge on any atom is 0.191 e. The molecule has 2 aliphatic rings. The van der Waals surface area contributed by atoms with Crippen molar-refractivity contribution in [2.75, 3.05) is 31.1 Å². The first kappa shape index (κ1) is 23.9. The zero-order chi connectivity index (χ0) is 20.4. The molecule has 1 saturated carbocycles. The zero-order valence-electron chi connectivity index (χ0n) is 18.3. The lowest BCUT2D eigenvalue weighted by molar-refractivity contribution is 0.365. The minimum Gasteiger partial charge on any atom is -0.469 e. The van der Waals surface area contributed by atoms with E-state index in [2.05, 4.69) is 32.7 Å². The van der Waals surface area contributed by atoms with Crippen molar-refractivity contribution in [2.24, 2.45) is 10.9 Å². The third kappa shape index (κ3) is 7.70. The number of pyridine rings is 1. The lowest BCUT2D eigenvalue weighted by Crippen LogP contribution is -2.49. The van der Waals surface area contributed by atoms with E-state index < -0.39 is 0 Å². The summed E-state index contributed by atoms with van der Waals surface area (Å²) >= 11 is 0. The molecule has 0 amide bonds. The van der Waals surface area contributed by atoms with Gasteiger partial charge in [-0.15, -0.1) is 24.0 Å². The summed E-state index contributed by atoms with van der Waals surface area (Å²) in [6, 6.07) is 10.6. The molecule has 0 spiro atoms. The van der Waals surface area contributed by atoms with Crippen LogP contribution in [-0.4, -0.2) is 43.2 Å². The molecule has 1 aliphatic heterocycles. The van der Waals surface area contributed by atoms with Crippen molar-refractivity contribution in [3.05, 3.63) is 48.6 Å². The van der Waals surface area contributed by atoms with Gasteiger partial charge in [-0.3, -0.25) is 4.99 Å². The highest BCUT2D eigenvalue weighted by atomic mass is 127. The van der Waals surface area contributed by atoms with Crippen LogP contribution in [0.2, 0.25) is 0 Å².